The van der Waals surface area contributed by atoms with E-state index in [1.807, 2.05) is 0 Å². The van der Waals surface area contributed by atoms with Crippen LogP contribution < -0.4 is 6.54 Å². The van der Waals surface area contributed by atoms with E-state index in [0.29, 0.717) is 11.8 Å². The van der Waals surface area contributed by atoms with Crippen molar-refractivity contribution < 1.29 is 17.4 Å². The molecule has 0 radical (unpaired) electrons. The van der Waals surface area contributed by atoms with Crippen LogP contribution in [0.4, 0.5) is 0 Å². The van der Waals surface area contributed by atoms with Crippen LogP contribution in [0.15, 0.2) is 139 Å². The molecule has 0 heterocycles. The first-order valence-electron chi connectivity index (χ1n) is 16.4. The average Bonchev–Trinajstić information content (AvgIpc) is 3.55. The van der Waals surface area contributed by atoms with Crippen molar-refractivity contribution in [1.82, 2.24) is 0 Å². The van der Waals surface area contributed by atoms with Crippen LogP contribution in [-0.2, 0) is 30.2 Å². The van der Waals surface area contributed by atoms with E-state index in [4.69, 9.17) is 0 Å². The molecule has 46 heavy (non-hydrogen) atoms. The van der Waals surface area contributed by atoms with Crippen molar-refractivity contribution in [1.29, 1.82) is 0 Å². The molecule has 0 amide bonds. The summed E-state index contributed by atoms with van der Waals surface area (Å²) in [5, 5.41) is 0. The van der Waals surface area contributed by atoms with Crippen LogP contribution in [0.1, 0.15) is 63.8 Å². The van der Waals surface area contributed by atoms with Gasteiger partial charge in [-0.25, -0.2) is 0 Å². The second kappa shape index (κ2) is 14.3. The quantitative estimate of drug-likeness (QED) is 0.158. The Balaban J connectivity index is 0.00000240. The molecule has 4 aromatic rings. The molecule has 4 aromatic carbocycles. The van der Waals surface area contributed by atoms with Crippen molar-refractivity contribution in [2.24, 2.45) is 11.8 Å². The zero-order chi connectivity index (χ0) is 31.1. The number of rotatable bonds is 8. The summed E-state index contributed by atoms with van der Waals surface area (Å²) in [5.74, 6) is 0.692. The number of hydrogen-bond donors (Lipinski definition) is 0. The Bertz CT molecular complexity index is 1790. The summed E-state index contributed by atoms with van der Waals surface area (Å²) in [5.41, 5.74) is 11.4. The van der Waals surface area contributed by atoms with Crippen molar-refractivity contribution >= 4 is 49.4 Å². The van der Waals surface area contributed by atoms with Crippen LogP contribution in [0.25, 0.3) is 11.1 Å². The molecule has 2 aliphatic carbocycles. The van der Waals surface area contributed by atoms with Crippen molar-refractivity contribution in [3.63, 3.8) is 0 Å². The minimum absolute atomic E-state index is 0. The summed E-state index contributed by atoms with van der Waals surface area (Å²) in [6.07, 6.45) is 7.27. The molecule has 0 saturated carbocycles. The van der Waals surface area contributed by atoms with Crippen molar-refractivity contribution in [3.8, 4) is 0 Å². The molecule has 0 fully saturated rings. The summed E-state index contributed by atoms with van der Waals surface area (Å²) < 4.78 is 6.51. The predicted octanol–water partition coefficient (Wildman–Crippen LogP) is 9.86. The summed E-state index contributed by atoms with van der Waals surface area (Å²) >= 11 is -4.56. The molecular formula is C42H48Cl2SiZr. The maximum atomic E-state index is 2.58. The largest absolute Gasteiger partial charge is 0.147 e. The van der Waals surface area contributed by atoms with Gasteiger partial charge in [0.2, 0.25) is 0 Å². The van der Waals surface area contributed by atoms with E-state index in [1.165, 1.54) is 44.5 Å². The van der Waals surface area contributed by atoms with Gasteiger partial charge in [-0.05, 0) is 0 Å². The molecule has 0 nitrogen and oxygen atoms in total. The Kier molecular flexibility index (Phi) is 11.3. The van der Waals surface area contributed by atoms with Crippen LogP contribution in [0.3, 0.4) is 0 Å². The molecule has 2 unspecified atom stereocenters. The minimum Gasteiger partial charge on any atom is -0.147 e. The van der Waals surface area contributed by atoms with E-state index >= 15 is 0 Å². The van der Waals surface area contributed by atoms with E-state index in [2.05, 4.69) is 170 Å². The van der Waals surface area contributed by atoms with Gasteiger partial charge in [-0.15, -0.1) is 24.8 Å². The van der Waals surface area contributed by atoms with Gasteiger partial charge in [-0.1, -0.05) is 0 Å². The van der Waals surface area contributed by atoms with E-state index in [1.54, 1.807) is 13.1 Å². The second-order valence-electron chi connectivity index (χ2n) is 13.1. The smallest absolute Gasteiger partial charge is 0.147 e. The first kappa shape index (κ1) is 36.4. The molecule has 238 valence electrons. The standard InChI is InChI=1S/2C15H17.2C6H5.2ClH.H2Si.Zr/c2*1-4-13-6-5-7-14(10-13)15-9-11(2)8-12(15)3;2*1-2-4-6-5-3-1;;;;/h2*5-7,9-11H,4H2,1-3H3;2*1-5H;2*1H;1H2;. The van der Waals surface area contributed by atoms with Crippen molar-refractivity contribution in [2.45, 2.75) is 54.4 Å². The molecule has 2 aliphatic rings. The summed E-state index contributed by atoms with van der Waals surface area (Å²) in [6, 6.07) is 41.9. The number of halogens is 2. The maximum absolute atomic E-state index is 4.56. The number of aryl methyl sites for hydroxylation is 2. The number of allylic oxidation sites excluding steroid dienone is 8. The number of hydrogen-bond acceptors (Lipinski definition) is 0. The molecule has 4 heteroatoms. The van der Waals surface area contributed by atoms with Crippen LogP contribution in [0.5, 0.6) is 0 Å². The minimum atomic E-state index is -4.56. The fourth-order valence-corrected chi connectivity index (χ4v) is 37.8. The molecule has 0 aliphatic heterocycles. The van der Waals surface area contributed by atoms with E-state index < -0.39 is 17.4 Å². The first-order valence-corrected chi connectivity index (χ1v) is 27.3. The predicted molar refractivity (Wildman–Crippen MR) is 207 cm³/mol. The molecule has 0 aromatic heterocycles. The Labute approximate surface area is 292 Å². The zero-order valence-electron chi connectivity index (χ0n) is 28.1. The van der Waals surface area contributed by atoms with Crippen molar-refractivity contribution in [3.05, 3.63) is 161 Å². The monoisotopic (exact) mass is 740 g/mol. The fraction of sp³-hybridized carbons (Fsp3) is 0.238. The average molecular weight is 743 g/mol. The molecule has 2 atom stereocenters. The molecule has 0 bridgehead atoms. The van der Waals surface area contributed by atoms with E-state index in [9.17, 15) is 0 Å². The van der Waals surface area contributed by atoms with Gasteiger partial charge in [0.1, 0.15) is 0 Å². The number of benzene rings is 4. The van der Waals surface area contributed by atoms with Gasteiger partial charge in [0, 0.05) is 0 Å². The Hall–Kier alpha value is -2.48. The fourth-order valence-electron chi connectivity index (χ4n) is 8.81. The molecule has 0 N–H and O–H groups in total. The van der Waals surface area contributed by atoms with Crippen LogP contribution in [0, 0.1) is 11.8 Å². The second-order valence-corrected chi connectivity index (χ2v) is 34.1. The SMILES string of the molecule is CCc1cccc(C2=CC(C)[C]([Zr](=[SiH2])([C]3=C(C)C(c4cccc(CC)c4)=CC3C)([c]3ccccc3)[c]3ccccc3)=C2C)c1.Cl.Cl. The van der Waals surface area contributed by atoms with Crippen molar-refractivity contribution in [2.75, 3.05) is 0 Å². The third-order valence-corrected chi connectivity index (χ3v) is 37.8. The van der Waals surface area contributed by atoms with E-state index in [-0.39, 0.29) is 24.8 Å². The van der Waals surface area contributed by atoms with Gasteiger partial charge in [0.05, 0.1) is 0 Å². The van der Waals surface area contributed by atoms with Crippen LogP contribution in [-0.4, -0.2) is 6.88 Å². The Morgan fingerprint density at radius 1 is 0.543 bits per heavy atom. The van der Waals surface area contributed by atoms with Gasteiger partial charge in [0.25, 0.3) is 0 Å². The topological polar surface area (TPSA) is 0 Å². The zero-order valence-corrected chi connectivity index (χ0v) is 33.6. The van der Waals surface area contributed by atoms with Gasteiger partial charge < -0.3 is 0 Å². The Morgan fingerprint density at radius 3 is 1.26 bits per heavy atom. The normalized spacial score (nSPS) is 18.2. The van der Waals surface area contributed by atoms with Gasteiger partial charge >= 0.3 is 269 Å². The van der Waals surface area contributed by atoms with Gasteiger partial charge in [-0.3, -0.25) is 0 Å². The Morgan fingerprint density at radius 2 is 0.913 bits per heavy atom. The summed E-state index contributed by atoms with van der Waals surface area (Å²) in [6.45, 7) is 16.7. The first-order chi connectivity index (χ1) is 21.2. The van der Waals surface area contributed by atoms with E-state index in [0.717, 1.165) is 12.8 Å². The summed E-state index contributed by atoms with van der Waals surface area (Å²) in [4.78, 5) is 0. The summed E-state index contributed by atoms with van der Waals surface area (Å²) in [7, 11) is 0. The van der Waals surface area contributed by atoms with Gasteiger partial charge in [0.15, 0.2) is 0 Å². The molecule has 0 spiro atoms. The molecule has 6 rings (SSSR count). The third-order valence-electron chi connectivity index (χ3n) is 10.7. The van der Waals surface area contributed by atoms with Crippen LogP contribution >= 0.6 is 24.8 Å². The molecule has 0 saturated heterocycles. The van der Waals surface area contributed by atoms with Gasteiger partial charge in [-0.2, -0.15) is 0 Å². The third kappa shape index (κ3) is 5.68. The molecular weight excluding hydrogens is 695 g/mol. The maximum Gasteiger partial charge on any atom is -0.147 e. The van der Waals surface area contributed by atoms with Crippen LogP contribution in [0.2, 0.25) is 0 Å².